The van der Waals surface area contributed by atoms with Gasteiger partial charge in [-0.3, -0.25) is 4.79 Å². The summed E-state index contributed by atoms with van der Waals surface area (Å²) in [5.41, 5.74) is 0. The number of hydrogen-bond acceptors (Lipinski definition) is 3. The largest absolute Gasteiger partial charge is 0.466 e. The lowest BCUT2D eigenvalue weighted by atomic mass is 10.0. The third kappa shape index (κ3) is 27.4. The van der Waals surface area contributed by atoms with E-state index < -0.39 is 0 Å². The van der Waals surface area contributed by atoms with Gasteiger partial charge < -0.3 is 9.84 Å². The molecule has 0 radical (unpaired) electrons. The van der Waals surface area contributed by atoms with E-state index in [2.05, 4.69) is 6.92 Å². The first-order chi connectivity index (χ1) is 15.3. The highest BCUT2D eigenvalue weighted by Crippen LogP contribution is 2.15. The van der Waals surface area contributed by atoms with E-state index >= 15 is 0 Å². The Balaban J connectivity index is 3.09. The fourth-order valence-electron chi connectivity index (χ4n) is 4.17. The monoisotopic (exact) mass is 440 g/mol. The van der Waals surface area contributed by atoms with Crippen LogP contribution in [0.15, 0.2) is 0 Å². The second-order valence-electron chi connectivity index (χ2n) is 9.47. The van der Waals surface area contributed by atoms with Crippen molar-refractivity contribution in [3.8, 4) is 0 Å². The maximum absolute atomic E-state index is 11.7. The summed E-state index contributed by atoms with van der Waals surface area (Å²) in [5.74, 6) is -0.0332. The van der Waals surface area contributed by atoms with Crippen LogP contribution in [0, 0.1) is 0 Å². The van der Waals surface area contributed by atoms with Crippen LogP contribution >= 0.6 is 0 Å². The van der Waals surface area contributed by atoms with Gasteiger partial charge in [0.25, 0.3) is 0 Å². The summed E-state index contributed by atoms with van der Waals surface area (Å²) in [6.45, 7) is 3.10. The molecule has 0 amide bonds. The average molecular weight is 441 g/mol. The molecule has 0 rings (SSSR count). The van der Waals surface area contributed by atoms with Gasteiger partial charge in [-0.15, -0.1) is 0 Å². The predicted molar refractivity (Wildman–Crippen MR) is 135 cm³/mol. The van der Waals surface area contributed by atoms with Crippen molar-refractivity contribution in [1.29, 1.82) is 0 Å². The van der Waals surface area contributed by atoms with Crippen molar-refractivity contribution in [2.24, 2.45) is 0 Å². The number of hydrogen-bond donors (Lipinski definition) is 1. The molecule has 0 saturated carbocycles. The van der Waals surface area contributed by atoms with Crippen LogP contribution in [0.4, 0.5) is 0 Å². The first kappa shape index (κ1) is 30.4. The summed E-state index contributed by atoms with van der Waals surface area (Å²) in [5, 5.41) is 8.71. The lowest BCUT2D eigenvalue weighted by molar-refractivity contribution is -0.143. The van der Waals surface area contributed by atoms with Gasteiger partial charge in [0, 0.05) is 13.0 Å². The summed E-state index contributed by atoms with van der Waals surface area (Å²) >= 11 is 0. The number of unbranched alkanes of at least 4 members (excludes halogenated alkanes) is 21. The Labute approximate surface area is 195 Å². The summed E-state index contributed by atoms with van der Waals surface area (Å²) in [4.78, 5) is 11.7. The molecule has 0 unspecified atom stereocenters. The Hall–Kier alpha value is -0.570. The van der Waals surface area contributed by atoms with Crippen LogP contribution in [0.25, 0.3) is 0 Å². The molecular formula is C28H56O3. The molecule has 0 atom stereocenters. The van der Waals surface area contributed by atoms with Crippen molar-refractivity contribution >= 4 is 5.97 Å². The van der Waals surface area contributed by atoms with E-state index in [0.29, 0.717) is 13.0 Å². The summed E-state index contributed by atoms with van der Waals surface area (Å²) < 4.78 is 5.26. The van der Waals surface area contributed by atoms with Crippen molar-refractivity contribution in [2.75, 3.05) is 13.2 Å². The number of carbonyl (C=O) groups is 1. The maximum Gasteiger partial charge on any atom is 0.305 e. The van der Waals surface area contributed by atoms with Gasteiger partial charge in [0.2, 0.25) is 0 Å². The minimum absolute atomic E-state index is 0.0332. The molecule has 31 heavy (non-hydrogen) atoms. The lowest BCUT2D eigenvalue weighted by Gasteiger charge is -2.05. The molecule has 0 aliphatic heterocycles. The Morgan fingerprint density at radius 1 is 0.516 bits per heavy atom. The first-order valence-electron chi connectivity index (χ1n) is 14.1. The standard InChI is InChI=1S/C28H56O3/c1-2-3-4-5-6-7-8-9-10-11-12-13-14-15-16-17-18-19-22-25-28(30)31-27-24-21-20-23-26-29/h29H,2-27H2,1H3. The molecule has 0 saturated heterocycles. The van der Waals surface area contributed by atoms with Crippen molar-refractivity contribution in [2.45, 2.75) is 161 Å². The van der Waals surface area contributed by atoms with Crippen molar-refractivity contribution in [3.63, 3.8) is 0 Å². The van der Waals surface area contributed by atoms with Crippen molar-refractivity contribution in [3.05, 3.63) is 0 Å². The SMILES string of the molecule is CCCCCCCCCCCCCCCCCCCCCC(=O)OCCCCCCO. The maximum atomic E-state index is 11.7. The zero-order valence-electron chi connectivity index (χ0n) is 21.1. The number of aliphatic hydroxyl groups is 1. The molecule has 0 fully saturated rings. The molecule has 0 aliphatic rings. The fraction of sp³-hybridized carbons (Fsp3) is 0.964. The quantitative estimate of drug-likeness (QED) is 0.108. The van der Waals surface area contributed by atoms with E-state index in [1.807, 2.05) is 0 Å². The second-order valence-corrected chi connectivity index (χ2v) is 9.47. The third-order valence-electron chi connectivity index (χ3n) is 6.30. The fourth-order valence-corrected chi connectivity index (χ4v) is 4.17. The highest BCUT2D eigenvalue weighted by Gasteiger charge is 2.02. The highest BCUT2D eigenvalue weighted by atomic mass is 16.5. The van der Waals surface area contributed by atoms with Gasteiger partial charge in [0.1, 0.15) is 0 Å². The average Bonchev–Trinajstić information content (AvgIpc) is 2.77. The minimum atomic E-state index is -0.0332. The molecule has 3 nitrogen and oxygen atoms in total. The minimum Gasteiger partial charge on any atom is -0.466 e. The number of carbonyl (C=O) groups excluding carboxylic acids is 1. The van der Waals surface area contributed by atoms with E-state index in [-0.39, 0.29) is 12.6 Å². The van der Waals surface area contributed by atoms with Crippen LogP contribution in [-0.2, 0) is 9.53 Å². The number of rotatable bonds is 26. The van der Waals surface area contributed by atoms with Gasteiger partial charge in [-0.25, -0.2) is 0 Å². The van der Waals surface area contributed by atoms with Crippen LogP contribution in [0.2, 0.25) is 0 Å². The van der Waals surface area contributed by atoms with E-state index in [9.17, 15) is 4.79 Å². The molecule has 0 spiro atoms. The molecule has 0 heterocycles. The zero-order valence-corrected chi connectivity index (χ0v) is 21.1. The summed E-state index contributed by atoms with van der Waals surface area (Å²) in [7, 11) is 0. The van der Waals surface area contributed by atoms with E-state index in [4.69, 9.17) is 9.84 Å². The highest BCUT2D eigenvalue weighted by molar-refractivity contribution is 5.69. The van der Waals surface area contributed by atoms with E-state index in [1.165, 1.54) is 109 Å². The van der Waals surface area contributed by atoms with Crippen molar-refractivity contribution in [1.82, 2.24) is 0 Å². The lowest BCUT2D eigenvalue weighted by Crippen LogP contribution is -2.05. The van der Waals surface area contributed by atoms with Crippen LogP contribution in [-0.4, -0.2) is 24.3 Å². The van der Waals surface area contributed by atoms with Crippen LogP contribution in [0.1, 0.15) is 161 Å². The smallest absolute Gasteiger partial charge is 0.305 e. The first-order valence-corrected chi connectivity index (χ1v) is 14.1. The predicted octanol–water partition coefficient (Wildman–Crippen LogP) is 8.90. The van der Waals surface area contributed by atoms with E-state index in [1.54, 1.807) is 0 Å². The normalized spacial score (nSPS) is 11.2. The Morgan fingerprint density at radius 2 is 0.871 bits per heavy atom. The van der Waals surface area contributed by atoms with Gasteiger partial charge in [-0.05, 0) is 25.7 Å². The van der Waals surface area contributed by atoms with Gasteiger partial charge in [0.15, 0.2) is 0 Å². The number of esters is 1. The van der Waals surface area contributed by atoms with Crippen LogP contribution in [0.3, 0.4) is 0 Å². The Bertz CT molecular complexity index is 343. The number of aliphatic hydroxyl groups excluding tert-OH is 1. The van der Waals surface area contributed by atoms with E-state index in [0.717, 1.165) is 38.5 Å². The molecule has 0 aromatic heterocycles. The molecule has 3 heteroatoms. The Kier molecular flexibility index (Phi) is 27.0. The molecule has 0 bridgehead atoms. The van der Waals surface area contributed by atoms with Crippen LogP contribution in [0.5, 0.6) is 0 Å². The molecule has 0 aromatic carbocycles. The molecule has 0 aliphatic carbocycles. The van der Waals surface area contributed by atoms with Gasteiger partial charge in [-0.2, -0.15) is 0 Å². The Morgan fingerprint density at radius 3 is 1.29 bits per heavy atom. The summed E-state index contributed by atoms with van der Waals surface area (Å²) in [6, 6.07) is 0. The van der Waals surface area contributed by atoms with Gasteiger partial charge in [0.05, 0.1) is 6.61 Å². The zero-order chi connectivity index (χ0) is 22.7. The molecular weight excluding hydrogens is 384 g/mol. The summed E-state index contributed by atoms with van der Waals surface area (Å²) in [6.07, 6.45) is 30.5. The second kappa shape index (κ2) is 27.5. The number of ether oxygens (including phenoxy) is 1. The van der Waals surface area contributed by atoms with Gasteiger partial charge >= 0.3 is 5.97 Å². The van der Waals surface area contributed by atoms with Crippen molar-refractivity contribution < 1.29 is 14.6 Å². The molecule has 1 N–H and O–H groups in total. The molecule has 186 valence electrons. The topological polar surface area (TPSA) is 46.5 Å². The van der Waals surface area contributed by atoms with Crippen LogP contribution < -0.4 is 0 Å². The molecule has 0 aromatic rings. The van der Waals surface area contributed by atoms with Gasteiger partial charge in [-0.1, -0.05) is 129 Å². The third-order valence-corrected chi connectivity index (χ3v) is 6.30.